The van der Waals surface area contributed by atoms with Crippen molar-refractivity contribution in [3.05, 3.63) is 46.4 Å². The van der Waals surface area contributed by atoms with Crippen molar-refractivity contribution in [2.24, 2.45) is 5.73 Å². The van der Waals surface area contributed by atoms with Gasteiger partial charge in [-0.25, -0.2) is 0 Å². The fourth-order valence-corrected chi connectivity index (χ4v) is 3.70. The molecule has 0 aliphatic carbocycles. The minimum atomic E-state index is -0.668. The molecule has 26 heavy (non-hydrogen) atoms. The number of aliphatic hydroxyl groups excluding tert-OH is 1. The Balaban J connectivity index is 1.99. The molecule has 142 valence electrons. The summed E-state index contributed by atoms with van der Waals surface area (Å²) in [6, 6.07) is 11.1. The van der Waals surface area contributed by atoms with Gasteiger partial charge in [-0.05, 0) is 42.8 Å². The van der Waals surface area contributed by atoms with Crippen molar-refractivity contribution < 1.29 is 14.6 Å². The van der Waals surface area contributed by atoms with Gasteiger partial charge in [0.2, 0.25) is 0 Å². The van der Waals surface area contributed by atoms with Crippen LogP contribution in [0.2, 0.25) is 10.0 Å². The largest absolute Gasteiger partial charge is 0.491 e. The number of hydrogen-bond donors (Lipinski definition) is 2. The SMILES string of the molecule is NCC(O)COc1ccc(Sc2cc(Cl)c(OCCCCl)c(Cl)c2)cc1. The second-order valence-electron chi connectivity index (χ2n) is 5.38. The molecule has 1 atom stereocenters. The zero-order valence-electron chi connectivity index (χ0n) is 14.0. The first-order valence-corrected chi connectivity index (χ1v) is 10.1. The second-order valence-corrected chi connectivity index (χ2v) is 7.72. The molecule has 0 aromatic heterocycles. The predicted molar refractivity (Wildman–Crippen MR) is 108 cm³/mol. The number of halogens is 3. The molecule has 4 nitrogen and oxygen atoms in total. The molecule has 0 spiro atoms. The fourth-order valence-electron chi connectivity index (χ4n) is 1.96. The van der Waals surface area contributed by atoms with Crippen LogP contribution in [-0.4, -0.2) is 36.8 Å². The summed E-state index contributed by atoms with van der Waals surface area (Å²) in [5, 5.41) is 10.3. The summed E-state index contributed by atoms with van der Waals surface area (Å²) in [6.07, 6.45) is 0.0556. The van der Waals surface area contributed by atoms with Gasteiger partial charge in [0.05, 0.1) is 16.7 Å². The summed E-state index contributed by atoms with van der Waals surface area (Å²) in [5.41, 5.74) is 5.35. The number of rotatable bonds is 10. The lowest BCUT2D eigenvalue weighted by molar-refractivity contribution is 0.114. The summed E-state index contributed by atoms with van der Waals surface area (Å²) < 4.78 is 11.0. The van der Waals surface area contributed by atoms with Crippen LogP contribution < -0.4 is 15.2 Å². The maximum Gasteiger partial charge on any atom is 0.156 e. The standard InChI is InChI=1S/C18H20Cl3NO3S/c19-6-1-7-24-18-16(20)8-15(9-17(18)21)26-14-4-2-13(3-5-14)25-11-12(23)10-22/h2-5,8-9,12,23H,1,6-7,10-11,22H2. The van der Waals surface area contributed by atoms with Crippen LogP contribution in [0.5, 0.6) is 11.5 Å². The van der Waals surface area contributed by atoms with Gasteiger partial charge in [0.15, 0.2) is 5.75 Å². The highest BCUT2D eigenvalue weighted by molar-refractivity contribution is 7.99. The first-order chi connectivity index (χ1) is 12.5. The molecule has 0 fully saturated rings. The molecule has 0 saturated heterocycles. The monoisotopic (exact) mass is 435 g/mol. The second kappa shape index (κ2) is 11.1. The Hall–Kier alpha value is -0.820. The van der Waals surface area contributed by atoms with Crippen LogP contribution in [0.4, 0.5) is 0 Å². The number of benzene rings is 2. The van der Waals surface area contributed by atoms with E-state index in [0.717, 1.165) is 16.2 Å². The smallest absolute Gasteiger partial charge is 0.156 e. The summed E-state index contributed by atoms with van der Waals surface area (Å²) >= 11 is 19.7. The topological polar surface area (TPSA) is 64.7 Å². The molecule has 3 N–H and O–H groups in total. The van der Waals surface area contributed by atoms with E-state index in [1.54, 1.807) is 0 Å². The van der Waals surface area contributed by atoms with Crippen molar-refractivity contribution in [3.63, 3.8) is 0 Å². The van der Waals surface area contributed by atoms with E-state index < -0.39 is 6.10 Å². The minimum Gasteiger partial charge on any atom is -0.491 e. The van der Waals surface area contributed by atoms with Gasteiger partial charge in [-0.1, -0.05) is 35.0 Å². The van der Waals surface area contributed by atoms with Crippen molar-refractivity contribution >= 4 is 46.6 Å². The Kier molecular flexibility index (Phi) is 9.19. The van der Waals surface area contributed by atoms with Gasteiger partial charge in [-0.15, -0.1) is 11.6 Å². The number of hydrogen-bond acceptors (Lipinski definition) is 5. The van der Waals surface area contributed by atoms with Crippen LogP contribution in [-0.2, 0) is 0 Å². The van der Waals surface area contributed by atoms with Gasteiger partial charge in [0.25, 0.3) is 0 Å². The van der Waals surface area contributed by atoms with Crippen molar-refractivity contribution in [1.82, 2.24) is 0 Å². The molecule has 0 bridgehead atoms. The third-order valence-electron chi connectivity index (χ3n) is 3.27. The highest BCUT2D eigenvalue weighted by atomic mass is 35.5. The van der Waals surface area contributed by atoms with Crippen LogP contribution >= 0.6 is 46.6 Å². The number of alkyl halides is 1. The molecule has 0 aliphatic rings. The number of nitrogens with two attached hydrogens (primary N) is 1. The summed E-state index contributed by atoms with van der Waals surface area (Å²) in [6.45, 7) is 0.802. The summed E-state index contributed by atoms with van der Waals surface area (Å²) in [7, 11) is 0. The number of ether oxygens (including phenoxy) is 2. The zero-order chi connectivity index (χ0) is 18.9. The van der Waals surface area contributed by atoms with Crippen molar-refractivity contribution in [1.29, 1.82) is 0 Å². The fraction of sp³-hybridized carbons (Fsp3) is 0.333. The Morgan fingerprint density at radius 2 is 1.69 bits per heavy atom. The zero-order valence-corrected chi connectivity index (χ0v) is 17.0. The van der Waals surface area contributed by atoms with Crippen molar-refractivity contribution in [2.75, 3.05) is 25.6 Å². The van der Waals surface area contributed by atoms with Crippen LogP contribution in [0.1, 0.15) is 6.42 Å². The maximum absolute atomic E-state index is 9.42. The molecular weight excluding hydrogens is 417 g/mol. The summed E-state index contributed by atoms with van der Waals surface area (Å²) in [5.74, 6) is 1.67. The lowest BCUT2D eigenvalue weighted by Gasteiger charge is -2.12. The predicted octanol–water partition coefficient (Wildman–Crippen LogP) is 4.85. The van der Waals surface area contributed by atoms with Crippen LogP contribution in [0.25, 0.3) is 0 Å². The van der Waals surface area contributed by atoms with E-state index in [2.05, 4.69) is 0 Å². The van der Waals surface area contributed by atoms with E-state index in [9.17, 15) is 5.11 Å². The molecule has 2 aromatic rings. The molecule has 0 radical (unpaired) electrons. The van der Waals surface area contributed by atoms with Crippen molar-refractivity contribution in [3.8, 4) is 11.5 Å². The van der Waals surface area contributed by atoms with Gasteiger partial charge in [-0.3, -0.25) is 0 Å². The first kappa shape index (κ1) is 21.5. The molecule has 0 amide bonds. The molecule has 0 heterocycles. The molecule has 8 heteroatoms. The highest BCUT2D eigenvalue weighted by Crippen LogP contribution is 2.39. The molecule has 0 saturated carbocycles. The van der Waals surface area contributed by atoms with E-state index >= 15 is 0 Å². The van der Waals surface area contributed by atoms with Gasteiger partial charge >= 0.3 is 0 Å². The summed E-state index contributed by atoms with van der Waals surface area (Å²) in [4.78, 5) is 1.90. The molecule has 1 unspecified atom stereocenters. The molecule has 2 rings (SSSR count). The van der Waals surface area contributed by atoms with Gasteiger partial charge < -0.3 is 20.3 Å². The van der Waals surface area contributed by atoms with E-state index in [-0.39, 0.29) is 13.2 Å². The van der Waals surface area contributed by atoms with Crippen LogP contribution in [0.3, 0.4) is 0 Å². The quantitative estimate of drug-likeness (QED) is 0.412. The van der Waals surface area contributed by atoms with Gasteiger partial charge in [0.1, 0.15) is 18.5 Å². The Bertz CT molecular complexity index is 678. The van der Waals surface area contributed by atoms with Crippen LogP contribution in [0, 0.1) is 0 Å². The lowest BCUT2D eigenvalue weighted by atomic mass is 10.3. The van der Waals surface area contributed by atoms with E-state index in [0.29, 0.717) is 34.0 Å². The Labute approximate surface area is 172 Å². The van der Waals surface area contributed by atoms with Crippen LogP contribution in [0.15, 0.2) is 46.2 Å². The highest BCUT2D eigenvalue weighted by Gasteiger charge is 2.11. The van der Waals surface area contributed by atoms with Gasteiger partial charge in [0, 0.05) is 22.2 Å². The average Bonchev–Trinajstić information content (AvgIpc) is 2.63. The van der Waals surface area contributed by atoms with E-state index in [1.807, 2.05) is 36.4 Å². The van der Waals surface area contributed by atoms with Gasteiger partial charge in [-0.2, -0.15) is 0 Å². The van der Waals surface area contributed by atoms with E-state index in [4.69, 9.17) is 50.0 Å². The normalized spacial score (nSPS) is 12.0. The average molecular weight is 437 g/mol. The number of aliphatic hydroxyl groups is 1. The van der Waals surface area contributed by atoms with Crippen molar-refractivity contribution in [2.45, 2.75) is 22.3 Å². The molecule has 0 aliphatic heterocycles. The molecule has 2 aromatic carbocycles. The third kappa shape index (κ3) is 6.72. The first-order valence-electron chi connectivity index (χ1n) is 8.00. The lowest BCUT2D eigenvalue weighted by Crippen LogP contribution is -2.26. The Morgan fingerprint density at radius 1 is 1.04 bits per heavy atom. The Morgan fingerprint density at radius 3 is 2.27 bits per heavy atom. The minimum absolute atomic E-state index is 0.166. The van der Waals surface area contributed by atoms with E-state index in [1.165, 1.54) is 11.8 Å². The molecular formula is C18H20Cl3NO3S. The third-order valence-corrected chi connectivity index (χ3v) is 5.08. The maximum atomic E-state index is 9.42.